The van der Waals surface area contributed by atoms with Crippen molar-refractivity contribution >= 4 is 58.0 Å². The van der Waals surface area contributed by atoms with Gasteiger partial charge in [0, 0.05) is 40.4 Å². The maximum atomic E-state index is 13.6. The third-order valence-electron chi connectivity index (χ3n) is 10.1. The van der Waals surface area contributed by atoms with Gasteiger partial charge in [-0.2, -0.15) is 0 Å². The van der Waals surface area contributed by atoms with Crippen molar-refractivity contribution in [1.29, 1.82) is 0 Å². The topological polar surface area (TPSA) is 95.7 Å². The number of benzene rings is 4. The predicted molar refractivity (Wildman–Crippen MR) is 226 cm³/mol. The van der Waals surface area contributed by atoms with Crippen LogP contribution in [0.5, 0.6) is 0 Å². The number of H-pyrrole nitrogens is 2. The molecule has 7 nitrogen and oxygen atoms in total. The standard InChI is InChI=1S/C48H37N5O2/c1-30(55-2)48(54)53-42-29-41-45(33-19-11-5-12-20-33)39-26-25-37(50-39)43(31-15-7-3-8-16-31)35-23-24-36(49-35)44(32-17-9-4-10-18-32)38-27-28-40(51-38)46(47(42)52-41)34-21-13-6-14-22-34/h3-30,49,52H,1-2H3,(H,53,54)/t30-/m0/s1. The minimum absolute atomic E-state index is 0.261. The van der Waals surface area contributed by atoms with Crippen molar-refractivity contribution in [3.63, 3.8) is 0 Å². The molecule has 2 aliphatic rings. The first kappa shape index (κ1) is 33.7. The molecule has 8 bridgehead atoms. The van der Waals surface area contributed by atoms with E-state index in [0.29, 0.717) is 5.69 Å². The molecule has 4 aromatic carbocycles. The third kappa shape index (κ3) is 6.37. The summed E-state index contributed by atoms with van der Waals surface area (Å²) in [7, 11) is 1.53. The molecule has 0 aliphatic carbocycles. The van der Waals surface area contributed by atoms with Gasteiger partial charge in [-0.3, -0.25) is 4.79 Å². The Kier molecular flexibility index (Phi) is 8.82. The number of carbonyl (C=O) groups is 1. The van der Waals surface area contributed by atoms with E-state index in [1.54, 1.807) is 6.92 Å². The molecule has 0 saturated heterocycles. The summed E-state index contributed by atoms with van der Waals surface area (Å²) in [6, 6.07) is 47.3. The van der Waals surface area contributed by atoms with E-state index < -0.39 is 6.10 Å². The van der Waals surface area contributed by atoms with Gasteiger partial charge in [-0.25, -0.2) is 9.97 Å². The van der Waals surface area contributed by atoms with Gasteiger partial charge in [0.15, 0.2) is 0 Å². The zero-order valence-electron chi connectivity index (χ0n) is 30.4. The predicted octanol–water partition coefficient (Wildman–Crippen LogP) is 11.3. The van der Waals surface area contributed by atoms with Gasteiger partial charge < -0.3 is 20.0 Å². The zero-order chi connectivity index (χ0) is 37.3. The van der Waals surface area contributed by atoms with Gasteiger partial charge in [0.05, 0.1) is 39.5 Å². The second kappa shape index (κ2) is 14.4. The molecule has 0 saturated carbocycles. The van der Waals surface area contributed by atoms with Gasteiger partial charge in [-0.1, -0.05) is 121 Å². The van der Waals surface area contributed by atoms with Crippen LogP contribution < -0.4 is 5.32 Å². The number of ether oxygens (including phenoxy) is 1. The van der Waals surface area contributed by atoms with Crippen molar-refractivity contribution in [2.75, 3.05) is 12.4 Å². The van der Waals surface area contributed by atoms with E-state index in [2.05, 4.69) is 112 Å². The number of fused-ring (bicyclic) bond motifs is 8. The van der Waals surface area contributed by atoms with Crippen LogP contribution in [0.2, 0.25) is 0 Å². The Morgan fingerprint density at radius 1 is 0.527 bits per heavy atom. The number of anilines is 1. The number of nitrogens with zero attached hydrogens (tertiary/aromatic N) is 2. The lowest BCUT2D eigenvalue weighted by Gasteiger charge is -2.11. The summed E-state index contributed by atoms with van der Waals surface area (Å²) in [4.78, 5) is 31.9. The number of rotatable bonds is 7. The zero-order valence-corrected chi connectivity index (χ0v) is 30.4. The number of hydrogen-bond donors (Lipinski definition) is 3. The molecular weight excluding hydrogens is 679 g/mol. The van der Waals surface area contributed by atoms with Gasteiger partial charge in [-0.15, -0.1) is 0 Å². The number of aromatic amines is 2. The fourth-order valence-electron chi connectivity index (χ4n) is 7.36. The first-order chi connectivity index (χ1) is 27.1. The van der Waals surface area contributed by atoms with Crippen LogP contribution in [-0.4, -0.2) is 39.1 Å². The molecule has 3 aromatic heterocycles. The maximum Gasteiger partial charge on any atom is 0.253 e. The largest absolute Gasteiger partial charge is 0.372 e. The Balaban J connectivity index is 1.50. The Bertz CT molecular complexity index is 2790. The molecule has 3 N–H and O–H groups in total. The van der Waals surface area contributed by atoms with E-state index >= 15 is 0 Å². The lowest BCUT2D eigenvalue weighted by molar-refractivity contribution is -0.124. The van der Waals surface area contributed by atoms with E-state index in [-0.39, 0.29) is 5.91 Å². The first-order valence-electron chi connectivity index (χ1n) is 18.3. The number of amides is 1. The molecule has 0 spiro atoms. The minimum Gasteiger partial charge on any atom is -0.372 e. The lowest BCUT2D eigenvalue weighted by Crippen LogP contribution is -2.26. The molecule has 266 valence electrons. The number of hydrogen-bond acceptors (Lipinski definition) is 4. The average molecular weight is 716 g/mol. The van der Waals surface area contributed by atoms with Crippen molar-refractivity contribution in [1.82, 2.24) is 19.9 Å². The van der Waals surface area contributed by atoms with Crippen molar-refractivity contribution in [2.24, 2.45) is 0 Å². The SMILES string of the molecule is CO[C@@H](C)C(=O)Nc1cc2[nH]c1c(-c1ccccc1)c1nc(c(-c3ccccc3)c3ccc([nH]3)c(-c3ccccc3)c3nc(c2-c2ccccc2)C=C3)C=C1. The quantitative estimate of drug-likeness (QED) is 0.153. The van der Waals surface area contributed by atoms with Crippen molar-refractivity contribution in [2.45, 2.75) is 13.0 Å². The van der Waals surface area contributed by atoms with E-state index in [0.717, 1.165) is 89.4 Å². The summed E-state index contributed by atoms with van der Waals surface area (Å²) in [5.41, 5.74) is 14.8. The van der Waals surface area contributed by atoms with E-state index in [1.807, 2.05) is 66.7 Å². The molecule has 1 atom stereocenters. The van der Waals surface area contributed by atoms with Crippen LogP contribution in [0, 0.1) is 0 Å². The Morgan fingerprint density at radius 2 is 0.909 bits per heavy atom. The van der Waals surface area contributed by atoms with E-state index in [9.17, 15) is 4.79 Å². The molecule has 7 aromatic rings. The fourth-order valence-corrected chi connectivity index (χ4v) is 7.36. The highest BCUT2D eigenvalue weighted by Gasteiger charge is 2.22. The van der Waals surface area contributed by atoms with Gasteiger partial charge >= 0.3 is 0 Å². The number of carbonyl (C=O) groups excluding carboxylic acids is 1. The van der Waals surface area contributed by atoms with Gasteiger partial charge in [-0.05, 0) is 71.7 Å². The number of aromatic nitrogens is 4. The Labute approximate surface area is 318 Å². The summed E-state index contributed by atoms with van der Waals surface area (Å²) in [5.74, 6) is -0.261. The lowest BCUT2D eigenvalue weighted by atomic mass is 10.0. The third-order valence-corrected chi connectivity index (χ3v) is 10.1. The molecule has 0 unspecified atom stereocenters. The molecule has 9 rings (SSSR count). The van der Waals surface area contributed by atoms with E-state index in [1.165, 1.54) is 7.11 Å². The first-order valence-corrected chi connectivity index (χ1v) is 18.3. The van der Waals surface area contributed by atoms with Gasteiger partial charge in [0.25, 0.3) is 5.91 Å². The summed E-state index contributed by atoms with van der Waals surface area (Å²) < 4.78 is 5.45. The van der Waals surface area contributed by atoms with Crippen LogP contribution in [0.25, 0.3) is 90.9 Å². The smallest absolute Gasteiger partial charge is 0.253 e. The maximum absolute atomic E-state index is 13.6. The van der Waals surface area contributed by atoms with E-state index in [4.69, 9.17) is 14.7 Å². The minimum atomic E-state index is -0.672. The van der Waals surface area contributed by atoms with Crippen molar-refractivity contribution in [3.05, 3.63) is 162 Å². The van der Waals surface area contributed by atoms with Gasteiger partial charge in [0.2, 0.25) is 0 Å². The summed E-state index contributed by atoms with van der Waals surface area (Å²) in [5, 5.41) is 3.19. The van der Waals surface area contributed by atoms with Crippen LogP contribution in [-0.2, 0) is 9.53 Å². The highest BCUT2D eigenvalue weighted by molar-refractivity contribution is 6.07. The second-order valence-electron chi connectivity index (χ2n) is 13.5. The summed E-state index contributed by atoms with van der Waals surface area (Å²) in [6.45, 7) is 1.74. The van der Waals surface area contributed by atoms with Crippen LogP contribution in [0.3, 0.4) is 0 Å². The monoisotopic (exact) mass is 715 g/mol. The van der Waals surface area contributed by atoms with Crippen LogP contribution in [0.1, 0.15) is 29.7 Å². The Morgan fingerprint density at radius 3 is 1.33 bits per heavy atom. The Hall–Kier alpha value is -7.09. The highest BCUT2D eigenvalue weighted by atomic mass is 16.5. The number of nitrogens with one attached hydrogen (secondary N) is 3. The average Bonchev–Trinajstić information content (AvgIpc) is 4.07. The normalized spacial score (nSPS) is 12.5. The van der Waals surface area contributed by atoms with Crippen molar-refractivity contribution < 1.29 is 9.53 Å². The molecule has 2 aliphatic heterocycles. The van der Waals surface area contributed by atoms with Crippen molar-refractivity contribution in [3.8, 4) is 44.5 Å². The molecule has 1 amide bonds. The highest BCUT2D eigenvalue weighted by Crippen LogP contribution is 2.40. The molecule has 5 heterocycles. The molecule has 55 heavy (non-hydrogen) atoms. The molecular formula is C48H37N5O2. The number of methoxy groups -OCH3 is 1. The summed E-state index contributed by atoms with van der Waals surface area (Å²) in [6.07, 6.45) is 7.61. The van der Waals surface area contributed by atoms with Crippen LogP contribution in [0.15, 0.2) is 140 Å². The fraction of sp³-hybridized carbons (Fsp3) is 0.0625. The molecule has 0 fully saturated rings. The summed E-state index contributed by atoms with van der Waals surface area (Å²) >= 11 is 0. The van der Waals surface area contributed by atoms with Crippen LogP contribution >= 0.6 is 0 Å². The van der Waals surface area contributed by atoms with Gasteiger partial charge in [0.1, 0.15) is 6.10 Å². The molecule has 7 heteroatoms. The molecule has 0 radical (unpaired) electrons. The van der Waals surface area contributed by atoms with Crippen LogP contribution in [0.4, 0.5) is 5.69 Å². The second-order valence-corrected chi connectivity index (χ2v) is 13.5.